The van der Waals surface area contributed by atoms with Crippen LogP contribution < -0.4 is 15.7 Å². The van der Waals surface area contributed by atoms with E-state index in [1.54, 1.807) is 0 Å². The van der Waals surface area contributed by atoms with Crippen LogP contribution in [-0.4, -0.2) is 57.9 Å². The molecule has 0 spiro atoms. The van der Waals surface area contributed by atoms with Crippen LogP contribution >= 0.6 is 0 Å². The molecule has 0 bridgehead atoms. The standard InChI is InChI=1S/C26H32FN5O3/c1-18(2)28-24(33)17-31-25(20-8-11-22(27)23(16-20)35-3)29-32(26(31)34)21-9-6-19(7-10-21)12-15-30-13-4-5-14-30/h6-11,16,18H,4-5,12-15,17H2,1-3H3,(H,28,33). The molecule has 2 heterocycles. The maximum Gasteiger partial charge on any atom is 0.351 e. The van der Waals surface area contributed by atoms with E-state index in [0.717, 1.165) is 26.1 Å². The first-order chi connectivity index (χ1) is 16.9. The lowest BCUT2D eigenvalue weighted by Crippen LogP contribution is -2.36. The molecular formula is C26H32FN5O3. The van der Waals surface area contributed by atoms with Crippen molar-refractivity contribution in [3.63, 3.8) is 0 Å². The van der Waals surface area contributed by atoms with Gasteiger partial charge in [0, 0.05) is 18.2 Å². The molecule has 1 amide bonds. The fourth-order valence-electron chi connectivity index (χ4n) is 4.33. The lowest BCUT2D eigenvalue weighted by molar-refractivity contribution is -0.122. The smallest absolute Gasteiger partial charge is 0.351 e. The van der Waals surface area contributed by atoms with Gasteiger partial charge in [-0.3, -0.25) is 9.36 Å². The van der Waals surface area contributed by atoms with Crippen molar-refractivity contribution < 1.29 is 13.9 Å². The summed E-state index contributed by atoms with van der Waals surface area (Å²) < 4.78 is 21.7. The summed E-state index contributed by atoms with van der Waals surface area (Å²) in [6.07, 6.45) is 3.48. The van der Waals surface area contributed by atoms with Crippen molar-refractivity contribution in [1.29, 1.82) is 0 Å². The maximum absolute atomic E-state index is 14.0. The van der Waals surface area contributed by atoms with E-state index in [0.29, 0.717) is 11.3 Å². The number of carbonyl (C=O) groups is 1. The summed E-state index contributed by atoms with van der Waals surface area (Å²) >= 11 is 0. The quantitative estimate of drug-likeness (QED) is 0.508. The normalized spacial score (nSPS) is 14.0. The second kappa shape index (κ2) is 10.9. The van der Waals surface area contributed by atoms with E-state index in [4.69, 9.17) is 4.74 Å². The molecule has 0 radical (unpaired) electrons. The van der Waals surface area contributed by atoms with Gasteiger partial charge in [-0.1, -0.05) is 12.1 Å². The minimum Gasteiger partial charge on any atom is -0.494 e. The van der Waals surface area contributed by atoms with Crippen LogP contribution in [0.5, 0.6) is 5.75 Å². The van der Waals surface area contributed by atoms with E-state index < -0.39 is 11.5 Å². The van der Waals surface area contributed by atoms with Crippen molar-refractivity contribution in [3.8, 4) is 22.8 Å². The summed E-state index contributed by atoms with van der Waals surface area (Å²) in [4.78, 5) is 28.3. The highest BCUT2D eigenvalue weighted by Crippen LogP contribution is 2.25. The van der Waals surface area contributed by atoms with Crippen LogP contribution in [0.3, 0.4) is 0 Å². The van der Waals surface area contributed by atoms with Crippen molar-refractivity contribution in [1.82, 2.24) is 24.6 Å². The van der Waals surface area contributed by atoms with E-state index in [2.05, 4.69) is 15.3 Å². The number of ether oxygens (including phenoxy) is 1. The zero-order valence-electron chi connectivity index (χ0n) is 20.5. The summed E-state index contributed by atoms with van der Waals surface area (Å²) in [7, 11) is 1.37. The van der Waals surface area contributed by atoms with Gasteiger partial charge in [0.05, 0.1) is 12.8 Å². The first-order valence-corrected chi connectivity index (χ1v) is 12.0. The van der Waals surface area contributed by atoms with E-state index in [-0.39, 0.29) is 30.1 Å². The number of nitrogens with one attached hydrogen (secondary N) is 1. The third-order valence-corrected chi connectivity index (χ3v) is 6.12. The van der Waals surface area contributed by atoms with Gasteiger partial charge in [-0.2, -0.15) is 4.68 Å². The van der Waals surface area contributed by atoms with Gasteiger partial charge in [0.2, 0.25) is 5.91 Å². The second-order valence-electron chi connectivity index (χ2n) is 9.14. The summed E-state index contributed by atoms with van der Waals surface area (Å²) in [6.45, 7) is 6.83. The molecule has 35 heavy (non-hydrogen) atoms. The second-order valence-corrected chi connectivity index (χ2v) is 9.14. The Balaban J connectivity index is 1.66. The minimum absolute atomic E-state index is 0.0324. The molecule has 1 aromatic heterocycles. The highest BCUT2D eigenvalue weighted by molar-refractivity contribution is 5.76. The molecule has 2 aromatic carbocycles. The highest BCUT2D eigenvalue weighted by Gasteiger charge is 2.20. The SMILES string of the molecule is COc1cc(-c2nn(-c3ccc(CCN4CCCC4)cc3)c(=O)n2CC(=O)NC(C)C)ccc1F. The fraction of sp³-hybridized carbons (Fsp3) is 0.423. The molecule has 3 aromatic rings. The van der Waals surface area contributed by atoms with E-state index in [9.17, 15) is 14.0 Å². The Hall–Kier alpha value is -3.46. The molecule has 1 aliphatic heterocycles. The van der Waals surface area contributed by atoms with Gasteiger partial charge in [-0.15, -0.1) is 5.10 Å². The molecule has 1 fully saturated rings. The largest absolute Gasteiger partial charge is 0.494 e. The van der Waals surface area contributed by atoms with Gasteiger partial charge < -0.3 is 15.0 Å². The summed E-state index contributed by atoms with van der Waals surface area (Å²) in [5, 5.41) is 7.33. The molecule has 186 valence electrons. The average Bonchev–Trinajstić information content (AvgIpc) is 3.47. The lowest BCUT2D eigenvalue weighted by Gasteiger charge is -2.14. The van der Waals surface area contributed by atoms with Crippen LogP contribution in [0.15, 0.2) is 47.3 Å². The van der Waals surface area contributed by atoms with Gasteiger partial charge in [-0.25, -0.2) is 9.18 Å². The number of amides is 1. The molecule has 9 heteroatoms. The number of halogens is 1. The van der Waals surface area contributed by atoms with E-state index in [1.807, 2.05) is 38.1 Å². The maximum atomic E-state index is 14.0. The zero-order chi connectivity index (χ0) is 24.9. The molecule has 1 N–H and O–H groups in total. The highest BCUT2D eigenvalue weighted by atomic mass is 19.1. The predicted molar refractivity (Wildman–Crippen MR) is 132 cm³/mol. The van der Waals surface area contributed by atoms with Gasteiger partial charge in [0.25, 0.3) is 0 Å². The average molecular weight is 482 g/mol. The van der Waals surface area contributed by atoms with Crippen molar-refractivity contribution >= 4 is 5.91 Å². The number of methoxy groups -OCH3 is 1. The molecular weight excluding hydrogens is 449 g/mol. The third-order valence-electron chi connectivity index (χ3n) is 6.12. The van der Waals surface area contributed by atoms with E-state index >= 15 is 0 Å². The first kappa shape index (κ1) is 24.7. The number of benzene rings is 2. The van der Waals surface area contributed by atoms with Crippen LogP contribution in [0, 0.1) is 5.82 Å². The van der Waals surface area contributed by atoms with Gasteiger partial charge in [0.15, 0.2) is 17.4 Å². The Kier molecular flexibility index (Phi) is 7.65. The Morgan fingerprint density at radius 1 is 1.14 bits per heavy atom. The lowest BCUT2D eigenvalue weighted by atomic mass is 10.1. The monoisotopic (exact) mass is 481 g/mol. The number of hydrogen-bond acceptors (Lipinski definition) is 5. The first-order valence-electron chi connectivity index (χ1n) is 12.0. The molecule has 4 rings (SSSR count). The van der Waals surface area contributed by atoms with Crippen LogP contribution in [0.25, 0.3) is 17.1 Å². The van der Waals surface area contributed by atoms with Crippen LogP contribution in [0.1, 0.15) is 32.3 Å². The van der Waals surface area contributed by atoms with E-state index in [1.165, 1.54) is 53.0 Å². The van der Waals surface area contributed by atoms with Crippen LogP contribution in [-0.2, 0) is 17.8 Å². The van der Waals surface area contributed by atoms with Crippen molar-refractivity contribution in [3.05, 3.63) is 64.3 Å². The third kappa shape index (κ3) is 5.79. The number of likely N-dealkylation sites (tertiary alicyclic amines) is 1. The molecule has 8 nitrogen and oxygen atoms in total. The number of aromatic nitrogens is 3. The number of nitrogens with zero attached hydrogens (tertiary/aromatic N) is 4. The molecule has 0 atom stereocenters. The Labute approximate surface area is 204 Å². The fourth-order valence-corrected chi connectivity index (χ4v) is 4.33. The van der Waals surface area contributed by atoms with Gasteiger partial charge in [-0.05, 0) is 82.1 Å². The van der Waals surface area contributed by atoms with Crippen molar-refractivity contribution in [2.45, 2.75) is 45.7 Å². The topological polar surface area (TPSA) is 81.4 Å². The Morgan fingerprint density at radius 2 is 1.86 bits per heavy atom. The summed E-state index contributed by atoms with van der Waals surface area (Å²) in [5.41, 5.74) is 1.80. The number of carbonyl (C=O) groups excluding carboxylic acids is 1. The van der Waals surface area contributed by atoms with Gasteiger partial charge in [0.1, 0.15) is 6.54 Å². The number of rotatable bonds is 9. The number of hydrogen-bond donors (Lipinski definition) is 1. The molecule has 1 aliphatic rings. The van der Waals surface area contributed by atoms with Crippen molar-refractivity contribution in [2.24, 2.45) is 0 Å². The Bertz CT molecular complexity index is 1230. The molecule has 0 aliphatic carbocycles. The molecule has 1 saturated heterocycles. The van der Waals surface area contributed by atoms with Crippen molar-refractivity contribution in [2.75, 3.05) is 26.7 Å². The summed E-state index contributed by atoms with van der Waals surface area (Å²) in [5.74, 6) is -0.545. The Morgan fingerprint density at radius 3 is 2.51 bits per heavy atom. The summed E-state index contributed by atoms with van der Waals surface area (Å²) in [6, 6.07) is 11.9. The van der Waals surface area contributed by atoms with Crippen LogP contribution in [0.4, 0.5) is 4.39 Å². The zero-order valence-corrected chi connectivity index (χ0v) is 20.5. The van der Waals surface area contributed by atoms with Crippen LogP contribution in [0.2, 0.25) is 0 Å². The molecule has 0 unspecified atom stereocenters. The minimum atomic E-state index is -0.522. The predicted octanol–water partition coefficient (Wildman–Crippen LogP) is 3.01. The molecule has 0 saturated carbocycles. The van der Waals surface area contributed by atoms with Gasteiger partial charge >= 0.3 is 5.69 Å².